The summed E-state index contributed by atoms with van der Waals surface area (Å²) >= 11 is 0. The van der Waals surface area contributed by atoms with E-state index < -0.39 is 0 Å². The summed E-state index contributed by atoms with van der Waals surface area (Å²) in [5.41, 5.74) is 1.26. The molecule has 5 heteroatoms. The lowest BCUT2D eigenvalue weighted by atomic mass is 10.0. The molecular formula is C25H32N2O3. The second-order valence-electron chi connectivity index (χ2n) is 7.47. The zero-order valence-electron chi connectivity index (χ0n) is 18.4. The Morgan fingerprint density at radius 2 is 1.03 bits per heavy atom. The van der Waals surface area contributed by atoms with Crippen molar-refractivity contribution in [3.05, 3.63) is 84.0 Å². The summed E-state index contributed by atoms with van der Waals surface area (Å²) in [5.74, 6) is 1.46. The van der Waals surface area contributed by atoms with Crippen molar-refractivity contribution in [1.29, 1.82) is 0 Å². The molecule has 2 aromatic carbocycles. The largest absolute Gasteiger partial charge is 0.490 e. The van der Waals surface area contributed by atoms with Crippen LogP contribution in [-0.2, 0) is 0 Å². The van der Waals surface area contributed by atoms with E-state index in [1.54, 1.807) is 24.3 Å². The summed E-state index contributed by atoms with van der Waals surface area (Å²) in [6, 6.07) is 14.5. The quantitative estimate of drug-likeness (QED) is 0.393. The highest BCUT2D eigenvalue weighted by atomic mass is 16.5. The Kier molecular flexibility index (Phi) is 9.84. The second kappa shape index (κ2) is 12.6. The van der Waals surface area contributed by atoms with Crippen LogP contribution in [0, 0.1) is 0 Å². The highest BCUT2D eigenvalue weighted by molar-refractivity contribution is 6.09. The molecule has 0 aromatic heterocycles. The van der Waals surface area contributed by atoms with E-state index in [1.165, 1.54) is 0 Å². The third-order valence-corrected chi connectivity index (χ3v) is 4.20. The van der Waals surface area contributed by atoms with Crippen LogP contribution >= 0.6 is 0 Å². The first kappa shape index (κ1) is 23.4. The monoisotopic (exact) mass is 408 g/mol. The number of benzene rings is 2. The first-order chi connectivity index (χ1) is 14.5. The first-order valence-electron chi connectivity index (χ1n) is 10.1. The summed E-state index contributed by atoms with van der Waals surface area (Å²) in [6.45, 7) is 2.78. The van der Waals surface area contributed by atoms with E-state index in [-0.39, 0.29) is 5.78 Å². The van der Waals surface area contributed by atoms with Crippen molar-refractivity contribution in [3.63, 3.8) is 0 Å². The fourth-order valence-electron chi connectivity index (χ4n) is 2.57. The molecule has 0 heterocycles. The predicted octanol–water partition coefficient (Wildman–Crippen LogP) is 3.91. The smallest absolute Gasteiger partial charge is 0.193 e. The molecule has 5 nitrogen and oxygen atoms in total. The van der Waals surface area contributed by atoms with Gasteiger partial charge >= 0.3 is 0 Å². The molecule has 0 unspecified atom stereocenters. The standard InChI is InChI=1S/C25H32N2O3/c1-26(2)17-5-7-19-29-23-13-9-21(10-14-23)25(28)22-11-15-24(16-12-22)30-20-8-6-18-27(3)4/h5-16H,17-20H2,1-4H3/b7-5+,8-6+. The van der Waals surface area contributed by atoms with Gasteiger partial charge in [0.1, 0.15) is 24.7 Å². The third kappa shape index (κ3) is 8.64. The van der Waals surface area contributed by atoms with E-state index in [2.05, 4.69) is 22.0 Å². The molecule has 0 aliphatic heterocycles. The van der Waals surface area contributed by atoms with E-state index in [4.69, 9.17) is 9.47 Å². The summed E-state index contributed by atoms with van der Waals surface area (Å²) in [7, 11) is 8.08. The maximum atomic E-state index is 12.7. The highest BCUT2D eigenvalue weighted by Crippen LogP contribution is 2.18. The molecule has 2 rings (SSSR count). The summed E-state index contributed by atoms with van der Waals surface area (Å²) < 4.78 is 11.3. The number of ether oxygens (including phenoxy) is 2. The van der Waals surface area contributed by atoms with Gasteiger partial charge < -0.3 is 19.3 Å². The van der Waals surface area contributed by atoms with Gasteiger partial charge in [0.05, 0.1) is 0 Å². The minimum absolute atomic E-state index is 0.0233. The number of carbonyl (C=O) groups is 1. The van der Waals surface area contributed by atoms with Crippen LogP contribution < -0.4 is 9.47 Å². The number of ketones is 1. The molecule has 0 spiro atoms. The Labute approximate surface area is 180 Å². The van der Waals surface area contributed by atoms with Gasteiger partial charge in [-0.15, -0.1) is 0 Å². The zero-order valence-corrected chi connectivity index (χ0v) is 18.4. The lowest BCUT2D eigenvalue weighted by molar-refractivity contribution is 0.103. The molecule has 0 aliphatic rings. The van der Waals surface area contributed by atoms with Crippen molar-refractivity contribution in [2.45, 2.75) is 0 Å². The first-order valence-corrected chi connectivity index (χ1v) is 10.1. The summed E-state index contributed by atoms with van der Waals surface area (Å²) in [5, 5.41) is 0. The Hall–Kier alpha value is -2.89. The zero-order chi connectivity index (χ0) is 21.8. The van der Waals surface area contributed by atoms with Crippen LogP contribution in [0.25, 0.3) is 0 Å². The lowest BCUT2D eigenvalue weighted by Crippen LogP contribution is -2.10. The maximum Gasteiger partial charge on any atom is 0.193 e. The van der Waals surface area contributed by atoms with E-state index in [9.17, 15) is 4.79 Å². The Morgan fingerprint density at radius 1 is 0.667 bits per heavy atom. The normalized spacial score (nSPS) is 11.7. The van der Waals surface area contributed by atoms with Gasteiger partial charge in [-0.05, 0) is 76.7 Å². The summed E-state index contributed by atoms with van der Waals surface area (Å²) in [6.07, 6.45) is 8.10. The van der Waals surface area contributed by atoms with Gasteiger partial charge in [-0.2, -0.15) is 0 Å². The molecule has 0 fully saturated rings. The molecule has 0 amide bonds. The predicted molar refractivity (Wildman–Crippen MR) is 123 cm³/mol. The van der Waals surface area contributed by atoms with Crippen molar-refractivity contribution in [2.24, 2.45) is 0 Å². The average molecular weight is 409 g/mol. The van der Waals surface area contributed by atoms with E-state index >= 15 is 0 Å². The van der Waals surface area contributed by atoms with E-state index in [0.29, 0.717) is 24.3 Å². The van der Waals surface area contributed by atoms with Crippen molar-refractivity contribution in [1.82, 2.24) is 9.80 Å². The van der Waals surface area contributed by atoms with Gasteiger partial charge in [0.2, 0.25) is 0 Å². The SMILES string of the molecule is CN(C)C/C=C/COc1ccc(C(=O)c2ccc(OC/C=C/CN(C)C)cc2)cc1. The molecule has 0 saturated heterocycles. The van der Waals surface area contributed by atoms with E-state index in [1.807, 2.05) is 64.6 Å². The fraction of sp³-hybridized carbons (Fsp3) is 0.320. The van der Waals surface area contributed by atoms with Crippen LogP contribution in [0.5, 0.6) is 11.5 Å². The van der Waals surface area contributed by atoms with Crippen molar-refractivity contribution >= 4 is 5.78 Å². The van der Waals surface area contributed by atoms with Gasteiger partial charge in [-0.3, -0.25) is 4.79 Å². The molecule has 0 bridgehead atoms. The van der Waals surface area contributed by atoms with Gasteiger partial charge in [0, 0.05) is 24.2 Å². The fourth-order valence-corrected chi connectivity index (χ4v) is 2.57. The molecule has 0 saturated carbocycles. The molecule has 0 radical (unpaired) electrons. The third-order valence-electron chi connectivity index (χ3n) is 4.20. The molecule has 30 heavy (non-hydrogen) atoms. The lowest BCUT2D eigenvalue weighted by Gasteiger charge is -2.07. The Bertz CT molecular complexity index is 753. The molecule has 0 N–H and O–H groups in total. The van der Waals surface area contributed by atoms with Crippen molar-refractivity contribution in [2.75, 3.05) is 54.5 Å². The number of rotatable bonds is 12. The number of nitrogens with zero attached hydrogens (tertiary/aromatic N) is 2. The molecule has 2 aromatic rings. The van der Waals surface area contributed by atoms with Crippen LogP contribution in [0.4, 0.5) is 0 Å². The topological polar surface area (TPSA) is 42.0 Å². The van der Waals surface area contributed by atoms with Gasteiger partial charge in [0.25, 0.3) is 0 Å². The minimum Gasteiger partial charge on any atom is -0.490 e. The van der Waals surface area contributed by atoms with Crippen LogP contribution in [-0.4, -0.2) is 70.1 Å². The van der Waals surface area contributed by atoms with E-state index in [0.717, 1.165) is 24.6 Å². The molecule has 0 aliphatic carbocycles. The van der Waals surface area contributed by atoms with Gasteiger partial charge in [-0.25, -0.2) is 0 Å². The Morgan fingerprint density at radius 3 is 1.37 bits per heavy atom. The number of hydrogen-bond donors (Lipinski definition) is 0. The van der Waals surface area contributed by atoms with Crippen LogP contribution in [0.2, 0.25) is 0 Å². The van der Waals surface area contributed by atoms with Gasteiger partial charge in [-0.1, -0.05) is 24.3 Å². The Balaban J connectivity index is 1.84. The second-order valence-corrected chi connectivity index (χ2v) is 7.47. The minimum atomic E-state index is -0.0233. The van der Waals surface area contributed by atoms with Crippen LogP contribution in [0.3, 0.4) is 0 Å². The highest BCUT2D eigenvalue weighted by Gasteiger charge is 2.09. The number of likely N-dealkylation sites (N-methyl/N-ethyl adjacent to an activating group) is 2. The number of hydrogen-bond acceptors (Lipinski definition) is 5. The van der Waals surface area contributed by atoms with Gasteiger partial charge in [0.15, 0.2) is 5.78 Å². The maximum absolute atomic E-state index is 12.7. The average Bonchev–Trinajstić information content (AvgIpc) is 2.73. The van der Waals surface area contributed by atoms with Crippen LogP contribution in [0.1, 0.15) is 15.9 Å². The molecular weight excluding hydrogens is 376 g/mol. The number of carbonyl (C=O) groups excluding carboxylic acids is 1. The molecule has 160 valence electrons. The van der Waals surface area contributed by atoms with Crippen molar-refractivity contribution < 1.29 is 14.3 Å². The van der Waals surface area contributed by atoms with Crippen molar-refractivity contribution in [3.8, 4) is 11.5 Å². The van der Waals surface area contributed by atoms with Crippen LogP contribution in [0.15, 0.2) is 72.8 Å². The molecule has 0 atom stereocenters. The summed E-state index contributed by atoms with van der Waals surface area (Å²) in [4.78, 5) is 16.8.